The monoisotopic (exact) mass is 207 g/mol. The van der Waals surface area contributed by atoms with Crippen molar-refractivity contribution in [1.29, 1.82) is 0 Å². The van der Waals surface area contributed by atoms with Crippen LogP contribution in [0, 0.1) is 11.8 Å². The number of nitrogens with zero attached hydrogens (tertiary/aromatic N) is 1. The third-order valence-electron chi connectivity index (χ3n) is 3.24. The van der Waals surface area contributed by atoms with Crippen molar-refractivity contribution in [3.05, 3.63) is 22.4 Å². The molecule has 14 heavy (non-hydrogen) atoms. The summed E-state index contributed by atoms with van der Waals surface area (Å²) >= 11 is 1.67. The number of piperidine rings is 1. The van der Waals surface area contributed by atoms with Crippen molar-refractivity contribution >= 4 is 17.2 Å². The molecule has 1 aliphatic carbocycles. The van der Waals surface area contributed by atoms with Gasteiger partial charge in [0.15, 0.2) is 0 Å². The highest BCUT2D eigenvalue weighted by molar-refractivity contribution is 7.10. The molecule has 2 nitrogen and oxygen atoms in total. The topological polar surface area (TPSA) is 20.3 Å². The van der Waals surface area contributed by atoms with Crippen LogP contribution in [0.5, 0.6) is 0 Å². The summed E-state index contributed by atoms with van der Waals surface area (Å²) in [6.07, 6.45) is 1.97. The zero-order chi connectivity index (χ0) is 9.54. The summed E-state index contributed by atoms with van der Waals surface area (Å²) in [6, 6.07) is 4.05. The first kappa shape index (κ1) is 8.48. The van der Waals surface area contributed by atoms with E-state index in [1.165, 1.54) is 11.3 Å². The first-order valence-corrected chi connectivity index (χ1v) is 6.01. The van der Waals surface area contributed by atoms with E-state index in [1.807, 2.05) is 22.4 Å². The smallest absolute Gasteiger partial charge is 0.227 e. The maximum absolute atomic E-state index is 11.8. The Hall–Kier alpha value is -0.830. The van der Waals surface area contributed by atoms with Gasteiger partial charge in [-0.1, -0.05) is 6.07 Å². The fourth-order valence-corrected chi connectivity index (χ4v) is 2.97. The molecule has 1 aromatic heterocycles. The van der Waals surface area contributed by atoms with Crippen molar-refractivity contribution in [2.45, 2.75) is 12.8 Å². The van der Waals surface area contributed by atoms with Gasteiger partial charge in [-0.15, -0.1) is 11.3 Å². The first-order valence-electron chi connectivity index (χ1n) is 5.13. The number of hydrogen-bond acceptors (Lipinski definition) is 2. The average molecular weight is 207 g/mol. The standard InChI is InChI=1S/C11H13NOS/c13-11(5-10-2-1-3-14-10)12-6-8-4-9(8)7-12/h1-3,8-9H,4-7H2. The largest absolute Gasteiger partial charge is 0.342 e. The summed E-state index contributed by atoms with van der Waals surface area (Å²) in [5, 5.41) is 2.03. The molecule has 2 atom stereocenters. The maximum Gasteiger partial charge on any atom is 0.227 e. The van der Waals surface area contributed by atoms with Gasteiger partial charge < -0.3 is 4.90 Å². The third-order valence-corrected chi connectivity index (χ3v) is 4.11. The molecule has 0 spiro atoms. The number of rotatable bonds is 2. The van der Waals surface area contributed by atoms with E-state index in [4.69, 9.17) is 0 Å². The van der Waals surface area contributed by atoms with Crippen LogP contribution in [0.4, 0.5) is 0 Å². The third kappa shape index (κ3) is 1.46. The molecule has 0 aromatic carbocycles. The molecule has 3 heteroatoms. The Bertz CT molecular complexity index is 336. The highest BCUT2D eigenvalue weighted by Gasteiger charge is 2.46. The number of amides is 1. The highest BCUT2D eigenvalue weighted by Crippen LogP contribution is 2.44. The van der Waals surface area contributed by atoms with Crippen LogP contribution in [0.2, 0.25) is 0 Å². The Balaban J connectivity index is 1.60. The quantitative estimate of drug-likeness (QED) is 0.723. The van der Waals surface area contributed by atoms with Crippen LogP contribution in [0.15, 0.2) is 17.5 Å². The SMILES string of the molecule is O=C(Cc1cccs1)N1CC2CC2C1. The Labute approximate surface area is 87.5 Å². The number of thiophene rings is 1. The number of carbonyl (C=O) groups excluding carboxylic acids is 1. The lowest BCUT2D eigenvalue weighted by Gasteiger charge is -2.17. The van der Waals surface area contributed by atoms with Gasteiger partial charge in [-0.3, -0.25) is 4.79 Å². The van der Waals surface area contributed by atoms with Crippen LogP contribution in [0.1, 0.15) is 11.3 Å². The lowest BCUT2D eigenvalue weighted by Crippen LogP contribution is -2.31. The van der Waals surface area contributed by atoms with Gasteiger partial charge in [0, 0.05) is 18.0 Å². The number of likely N-dealkylation sites (tertiary alicyclic amines) is 1. The Morgan fingerprint density at radius 2 is 2.29 bits per heavy atom. The molecule has 2 aliphatic rings. The fraction of sp³-hybridized carbons (Fsp3) is 0.545. The van der Waals surface area contributed by atoms with E-state index in [-0.39, 0.29) is 0 Å². The summed E-state index contributed by atoms with van der Waals surface area (Å²) in [5.41, 5.74) is 0. The molecule has 1 saturated carbocycles. The van der Waals surface area contributed by atoms with Gasteiger partial charge in [-0.05, 0) is 29.7 Å². The van der Waals surface area contributed by atoms with Crippen LogP contribution < -0.4 is 0 Å². The van der Waals surface area contributed by atoms with Crippen molar-refractivity contribution in [2.24, 2.45) is 11.8 Å². The Kier molecular flexibility index (Phi) is 1.87. The van der Waals surface area contributed by atoms with Gasteiger partial charge in [0.25, 0.3) is 0 Å². The van der Waals surface area contributed by atoms with E-state index in [0.29, 0.717) is 12.3 Å². The molecule has 0 bridgehead atoms. The molecule has 1 saturated heterocycles. The molecule has 74 valence electrons. The predicted octanol–water partition coefficient (Wildman–Crippen LogP) is 1.77. The number of fused-ring (bicyclic) bond motifs is 1. The van der Waals surface area contributed by atoms with Crippen LogP contribution in [-0.4, -0.2) is 23.9 Å². The first-order chi connectivity index (χ1) is 6.83. The van der Waals surface area contributed by atoms with Gasteiger partial charge >= 0.3 is 0 Å². The van der Waals surface area contributed by atoms with Crippen molar-refractivity contribution in [3.8, 4) is 0 Å². The van der Waals surface area contributed by atoms with Gasteiger partial charge in [-0.25, -0.2) is 0 Å². The average Bonchev–Trinajstić information content (AvgIpc) is 2.68. The second-order valence-corrected chi connectivity index (χ2v) is 5.34. The summed E-state index contributed by atoms with van der Waals surface area (Å²) in [5.74, 6) is 2.02. The van der Waals surface area contributed by atoms with E-state index < -0.39 is 0 Å². The van der Waals surface area contributed by atoms with E-state index in [0.717, 1.165) is 24.9 Å². The molecule has 0 N–H and O–H groups in total. The highest BCUT2D eigenvalue weighted by atomic mass is 32.1. The molecule has 0 radical (unpaired) electrons. The molecule has 1 aromatic rings. The zero-order valence-electron chi connectivity index (χ0n) is 7.98. The lowest BCUT2D eigenvalue weighted by atomic mass is 10.3. The van der Waals surface area contributed by atoms with Crippen molar-refractivity contribution in [3.63, 3.8) is 0 Å². The van der Waals surface area contributed by atoms with E-state index >= 15 is 0 Å². The second-order valence-electron chi connectivity index (χ2n) is 4.31. The van der Waals surface area contributed by atoms with Gasteiger partial charge in [0.2, 0.25) is 5.91 Å². The summed E-state index contributed by atoms with van der Waals surface area (Å²) in [7, 11) is 0. The summed E-state index contributed by atoms with van der Waals surface area (Å²) in [4.78, 5) is 15.0. The van der Waals surface area contributed by atoms with Gasteiger partial charge in [0.05, 0.1) is 6.42 Å². The minimum atomic E-state index is 0.319. The molecular formula is C11H13NOS. The van der Waals surface area contributed by atoms with Crippen molar-refractivity contribution in [2.75, 3.05) is 13.1 Å². The molecule has 3 rings (SSSR count). The van der Waals surface area contributed by atoms with Gasteiger partial charge in [-0.2, -0.15) is 0 Å². The van der Waals surface area contributed by atoms with Gasteiger partial charge in [0.1, 0.15) is 0 Å². The van der Waals surface area contributed by atoms with Crippen LogP contribution in [0.3, 0.4) is 0 Å². The van der Waals surface area contributed by atoms with E-state index in [2.05, 4.69) is 0 Å². The Morgan fingerprint density at radius 3 is 2.93 bits per heavy atom. The summed E-state index contributed by atoms with van der Waals surface area (Å²) < 4.78 is 0. The van der Waals surface area contributed by atoms with E-state index in [9.17, 15) is 4.79 Å². The van der Waals surface area contributed by atoms with E-state index in [1.54, 1.807) is 11.3 Å². The normalized spacial score (nSPS) is 29.0. The molecule has 2 unspecified atom stereocenters. The predicted molar refractivity (Wildman–Crippen MR) is 56.2 cm³/mol. The van der Waals surface area contributed by atoms with Crippen LogP contribution in [0.25, 0.3) is 0 Å². The van der Waals surface area contributed by atoms with Crippen molar-refractivity contribution in [1.82, 2.24) is 4.90 Å². The molecule has 2 heterocycles. The fourth-order valence-electron chi connectivity index (χ4n) is 2.28. The second kappa shape index (κ2) is 3.09. The molecule has 1 aliphatic heterocycles. The van der Waals surface area contributed by atoms with Crippen LogP contribution in [-0.2, 0) is 11.2 Å². The number of hydrogen-bond donors (Lipinski definition) is 0. The lowest BCUT2D eigenvalue weighted by molar-refractivity contribution is -0.129. The summed E-state index contributed by atoms with van der Waals surface area (Å²) in [6.45, 7) is 2.05. The molecular weight excluding hydrogens is 194 g/mol. The van der Waals surface area contributed by atoms with Crippen molar-refractivity contribution < 1.29 is 4.79 Å². The van der Waals surface area contributed by atoms with Crippen LogP contribution >= 0.6 is 11.3 Å². The molecule has 1 amide bonds. The minimum absolute atomic E-state index is 0.319. The zero-order valence-corrected chi connectivity index (χ0v) is 8.80. The maximum atomic E-state index is 11.8. The number of carbonyl (C=O) groups is 1. The minimum Gasteiger partial charge on any atom is -0.342 e. The Morgan fingerprint density at radius 1 is 1.50 bits per heavy atom. The molecule has 2 fully saturated rings.